The van der Waals surface area contributed by atoms with Crippen LogP contribution in [0.1, 0.15) is 30.6 Å². The Bertz CT molecular complexity index is 379. The lowest BCUT2D eigenvalue weighted by Crippen LogP contribution is -2.30. The van der Waals surface area contributed by atoms with Crippen molar-refractivity contribution in [2.24, 2.45) is 5.92 Å². The number of carbonyl (C=O) groups excluding carboxylic acids is 1. The molecule has 4 heteroatoms. The molecule has 0 aromatic heterocycles. The highest BCUT2D eigenvalue weighted by Crippen LogP contribution is 2.15. The minimum Gasteiger partial charge on any atom is -0.507 e. The van der Waals surface area contributed by atoms with Crippen molar-refractivity contribution in [1.82, 2.24) is 5.32 Å². The van der Waals surface area contributed by atoms with Crippen LogP contribution in [0.4, 0.5) is 0 Å². The molecule has 1 atom stereocenters. The summed E-state index contributed by atoms with van der Waals surface area (Å²) in [5, 5.41) is 12.1. The van der Waals surface area contributed by atoms with E-state index < -0.39 is 0 Å². The second kappa shape index (κ2) is 6.50. The molecule has 0 aliphatic rings. The molecule has 0 spiro atoms. The Balaban J connectivity index is 2.48. The zero-order valence-corrected chi connectivity index (χ0v) is 10.9. The molecule has 0 heterocycles. The molecule has 0 radical (unpaired) electrons. The van der Waals surface area contributed by atoms with Gasteiger partial charge in [0.2, 0.25) is 0 Å². The average Bonchev–Trinajstić information content (AvgIpc) is 2.25. The van der Waals surface area contributed by atoms with Crippen LogP contribution in [0.3, 0.4) is 0 Å². The van der Waals surface area contributed by atoms with Crippen molar-refractivity contribution in [1.29, 1.82) is 0 Å². The van der Waals surface area contributed by atoms with E-state index in [0.29, 0.717) is 12.5 Å². The van der Waals surface area contributed by atoms with Crippen LogP contribution in [0.25, 0.3) is 0 Å². The molecule has 0 saturated heterocycles. The molecule has 3 nitrogen and oxygen atoms in total. The number of hydrogen-bond acceptors (Lipinski definition) is 2. The van der Waals surface area contributed by atoms with Crippen molar-refractivity contribution < 1.29 is 9.90 Å². The number of phenolic OH excluding ortho intramolecular Hbond substituents is 1. The van der Waals surface area contributed by atoms with Crippen molar-refractivity contribution in [3.8, 4) is 5.75 Å². The summed E-state index contributed by atoms with van der Waals surface area (Å²) in [4.78, 5) is 11.7. The number of amides is 1. The fourth-order valence-electron chi connectivity index (χ4n) is 1.56. The Hall–Kier alpha value is -1.22. The smallest absolute Gasteiger partial charge is 0.255 e. The first-order chi connectivity index (χ1) is 8.00. The summed E-state index contributed by atoms with van der Waals surface area (Å²) in [7, 11) is 0. The van der Waals surface area contributed by atoms with E-state index in [4.69, 9.17) is 11.6 Å². The first-order valence-electron chi connectivity index (χ1n) is 5.71. The zero-order valence-electron chi connectivity index (χ0n) is 10.1. The number of alkyl halides is 1. The molecular weight excluding hydrogens is 238 g/mol. The maximum absolute atomic E-state index is 11.7. The number of benzene rings is 1. The lowest BCUT2D eigenvalue weighted by Gasteiger charge is -2.13. The summed E-state index contributed by atoms with van der Waals surface area (Å²) in [6, 6.07) is 6.45. The van der Waals surface area contributed by atoms with Crippen molar-refractivity contribution in [2.75, 3.05) is 6.54 Å². The summed E-state index contributed by atoms with van der Waals surface area (Å²) in [6.45, 7) is 4.58. The predicted molar refractivity (Wildman–Crippen MR) is 69.5 cm³/mol. The van der Waals surface area contributed by atoms with Gasteiger partial charge in [-0.15, -0.1) is 11.6 Å². The summed E-state index contributed by atoms with van der Waals surface area (Å²) < 4.78 is 0. The minimum atomic E-state index is -0.294. The number of nitrogens with one attached hydrogen (secondary N) is 1. The molecule has 1 unspecified atom stereocenters. The summed E-state index contributed by atoms with van der Waals surface area (Å²) in [5.41, 5.74) is 0.279. The molecule has 17 heavy (non-hydrogen) atoms. The molecule has 0 fully saturated rings. The molecule has 0 bridgehead atoms. The van der Waals surface area contributed by atoms with Gasteiger partial charge < -0.3 is 10.4 Å². The van der Waals surface area contributed by atoms with Crippen LogP contribution in [0.15, 0.2) is 24.3 Å². The standard InChI is InChI=1S/C13H18ClNO2/c1-9(2)7-10(14)8-15-13(17)11-5-3-4-6-12(11)16/h3-6,9-10,16H,7-8H2,1-2H3,(H,15,17). The Morgan fingerprint density at radius 1 is 1.41 bits per heavy atom. The summed E-state index contributed by atoms with van der Waals surface area (Å²) >= 11 is 6.07. The molecule has 2 N–H and O–H groups in total. The fraction of sp³-hybridized carbons (Fsp3) is 0.462. The highest BCUT2D eigenvalue weighted by molar-refractivity contribution is 6.21. The van der Waals surface area contributed by atoms with E-state index in [0.717, 1.165) is 6.42 Å². The fourth-order valence-corrected chi connectivity index (χ4v) is 1.99. The summed E-state index contributed by atoms with van der Waals surface area (Å²) in [5.74, 6) is 0.192. The third-order valence-corrected chi connectivity index (χ3v) is 2.69. The third-order valence-electron chi connectivity index (χ3n) is 2.36. The van der Waals surface area contributed by atoms with E-state index in [-0.39, 0.29) is 22.6 Å². The van der Waals surface area contributed by atoms with Crippen molar-refractivity contribution in [3.63, 3.8) is 0 Å². The van der Waals surface area contributed by atoms with Gasteiger partial charge >= 0.3 is 0 Å². The van der Waals surface area contributed by atoms with Gasteiger partial charge in [0, 0.05) is 6.54 Å². The number of halogens is 1. The number of carbonyl (C=O) groups is 1. The maximum atomic E-state index is 11.7. The molecule has 0 aliphatic carbocycles. The van der Waals surface area contributed by atoms with Gasteiger partial charge in [0.15, 0.2) is 0 Å². The third kappa shape index (κ3) is 4.65. The highest BCUT2D eigenvalue weighted by Gasteiger charge is 2.12. The van der Waals surface area contributed by atoms with Crippen LogP contribution >= 0.6 is 11.6 Å². The average molecular weight is 256 g/mol. The van der Waals surface area contributed by atoms with Gasteiger partial charge in [-0.3, -0.25) is 4.79 Å². The monoisotopic (exact) mass is 255 g/mol. The maximum Gasteiger partial charge on any atom is 0.255 e. The Morgan fingerprint density at radius 2 is 2.06 bits per heavy atom. The number of aromatic hydroxyl groups is 1. The van der Waals surface area contributed by atoms with Gasteiger partial charge in [0.05, 0.1) is 10.9 Å². The molecular formula is C13H18ClNO2. The Labute approximate surface area is 107 Å². The molecule has 94 valence electrons. The normalized spacial score (nSPS) is 12.5. The molecule has 1 amide bonds. The van der Waals surface area contributed by atoms with E-state index >= 15 is 0 Å². The first kappa shape index (κ1) is 13.8. The van der Waals surface area contributed by atoms with E-state index in [9.17, 15) is 9.90 Å². The largest absolute Gasteiger partial charge is 0.507 e. The van der Waals surface area contributed by atoms with Crippen LogP contribution in [0.2, 0.25) is 0 Å². The van der Waals surface area contributed by atoms with E-state index in [1.807, 2.05) is 0 Å². The van der Waals surface area contributed by atoms with Gasteiger partial charge in [0.1, 0.15) is 5.75 Å². The number of para-hydroxylation sites is 1. The topological polar surface area (TPSA) is 49.3 Å². The second-order valence-electron chi connectivity index (χ2n) is 4.45. The SMILES string of the molecule is CC(C)CC(Cl)CNC(=O)c1ccccc1O. The first-order valence-corrected chi connectivity index (χ1v) is 6.14. The molecule has 1 aromatic rings. The predicted octanol–water partition coefficient (Wildman–Crippen LogP) is 2.78. The number of hydrogen-bond donors (Lipinski definition) is 2. The summed E-state index contributed by atoms with van der Waals surface area (Å²) in [6.07, 6.45) is 0.850. The quantitative estimate of drug-likeness (QED) is 0.795. The van der Waals surface area contributed by atoms with Gasteiger partial charge in [-0.25, -0.2) is 0 Å². The van der Waals surface area contributed by atoms with E-state index in [2.05, 4.69) is 19.2 Å². The van der Waals surface area contributed by atoms with Crippen LogP contribution in [-0.2, 0) is 0 Å². The van der Waals surface area contributed by atoms with Crippen LogP contribution < -0.4 is 5.32 Å². The van der Waals surface area contributed by atoms with Gasteiger partial charge in [-0.1, -0.05) is 26.0 Å². The molecule has 0 saturated carbocycles. The van der Waals surface area contributed by atoms with Crippen molar-refractivity contribution >= 4 is 17.5 Å². The van der Waals surface area contributed by atoms with Crippen molar-refractivity contribution in [3.05, 3.63) is 29.8 Å². The van der Waals surface area contributed by atoms with Crippen LogP contribution in [0.5, 0.6) is 5.75 Å². The molecule has 1 rings (SSSR count). The van der Waals surface area contributed by atoms with Crippen LogP contribution in [-0.4, -0.2) is 22.9 Å². The minimum absolute atomic E-state index is 0.0139. The van der Waals surface area contributed by atoms with Gasteiger partial charge in [0.25, 0.3) is 5.91 Å². The molecule has 1 aromatic carbocycles. The number of phenols is 1. The lowest BCUT2D eigenvalue weighted by molar-refractivity contribution is 0.0950. The Morgan fingerprint density at radius 3 is 2.65 bits per heavy atom. The van der Waals surface area contributed by atoms with Gasteiger partial charge in [-0.2, -0.15) is 0 Å². The van der Waals surface area contributed by atoms with Crippen molar-refractivity contribution in [2.45, 2.75) is 25.6 Å². The lowest BCUT2D eigenvalue weighted by atomic mass is 10.1. The second-order valence-corrected chi connectivity index (χ2v) is 5.07. The zero-order chi connectivity index (χ0) is 12.8. The van der Waals surface area contributed by atoms with Crippen LogP contribution in [0, 0.1) is 5.92 Å². The highest BCUT2D eigenvalue weighted by atomic mass is 35.5. The van der Waals surface area contributed by atoms with E-state index in [1.54, 1.807) is 18.2 Å². The van der Waals surface area contributed by atoms with Gasteiger partial charge in [-0.05, 0) is 24.5 Å². The Kier molecular flexibility index (Phi) is 5.29. The molecule has 0 aliphatic heterocycles. The van der Waals surface area contributed by atoms with E-state index in [1.165, 1.54) is 6.07 Å². The number of rotatable bonds is 5.